The molecule has 0 aromatic heterocycles. The summed E-state index contributed by atoms with van der Waals surface area (Å²) in [7, 11) is 0. The van der Waals surface area contributed by atoms with Gasteiger partial charge in [-0.1, -0.05) is 15.9 Å². The van der Waals surface area contributed by atoms with Gasteiger partial charge in [-0.05, 0) is 65.4 Å². The standard InChI is InChI=1S/C14H9BrF2INO/c1-7-4-9(18)2-3-12(7)19-14(20)13-10(16)5-8(15)6-11(13)17/h2-6H,1H3,(H,19,20). The van der Waals surface area contributed by atoms with Gasteiger partial charge in [0.15, 0.2) is 0 Å². The van der Waals surface area contributed by atoms with E-state index in [2.05, 4.69) is 43.8 Å². The highest BCUT2D eigenvalue weighted by Crippen LogP contribution is 2.22. The first-order chi connectivity index (χ1) is 9.38. The third-order valence-electron chi connectivity index (χ3n) is 2.67. The van der Waals surface area contributed by atoms with E-state index >= 15 is 0 Å². The molecule has 1 amide bonds. The van der Waals surface area contributed by atoms with Crippen LogP contribution in [-0.4, -0.2) is 5.91 Å². The van der Waals surface area contributed by atoms with Crippen molar-refractivity contribution in [3.05, 3.63) is 61.1 Å². The molecule has 0 aliphatic heterocycles. The van der Waals surface area contributed by atoms with Crippen molar-refractivity contribution in [3.8, 4) is 0 Å². The highest BCUT2D eigenvalue weighted by Gasteiger charge is 2.19. The summed E-state index contributed by atoms with van der Waals surface area (Å²) in [6.07, 6.45) is 0. The minimum atomic E-state index is -0.905. The molecule has 0 saturated heterocycles. The molecule has 0 radical (unpaired) electrons. The Bertz CT molecular complexity index is 668. The van der Waals surface area contributed by atoms with E-state index in [0.29, 0.717) is 5.69 Å². The Kier molecular flexibility index (Phi) is 4.74. The maximum Gasteiger partial charge on any atom is 0.261 e. The van der Waals surface area contributed by atoms with Crippen LogP contribution in [0, 0.1) is 22.1 Å². The number of aryl methyl sites for hydroxylation is 1. The topological polar surface area (TPSA) is 29.1 Å². The smallest absolute Gasteiger partial charge is 0.261 e. The average molecular weight is 452 g/mol. The monoisotopic (exact) mass is 451 g/mol. The van der Waals surface area contributed by atoms with Crippen LogP contribution < -0.4 is 5.32 Å². The van der Waals surface area contributed by atoms with Crippen molar-refractivity contribution in [2.75, 3.05) is 5.32 Å². The summed E-state index contributed by atoms with van der Waals surface area (Å²) in [6.45, 7) is 1.81. The molecule has 0 fully saturated rings. The number of carbonyl (C=O) groups excluding carboxylic acids is 1. The van der Waals surface area contributed by atoms with Gasteiger partial charge in [0.2, 0.25) is 0 Å². The van der Waals surface area contributed by atoms with Crippen LogP contribution in [0.1, 0.15) is 15.9 Å². The van der Waals surface area contributed by atoms with E-state index in [1.165, 1.54) is 0 Å². The van der Waals surface area contributed by atoms with Crippen molar-refractivity contribution in [3.63, 3.8) is 0 Å². The van der Waals surface area contributed by atoms with Crippen LogP contribution in [0.15, 0.2) is 34.8 Å². The Hall–Kier alpha value is -1.02. The number of anilines is 1. The Balaban J connectivity index is 2.33. The molecular weight excluding hydrogens is 443 g/mol. The zero-order valence-corrected chi connectivity index (χ0v) is 14.1. The van der Waals surface area contributed by atoms with E-state index < -0.39 is 23.1 Å². The molecule has 0 heterocycles. The quantitative estimate of drug-likeness (QED) is 0.647. The maximum atomic E-state index is 13.7. The number of hydrogen-bond donors (Lipinski definition) is 1. The molecule has 0 unspecified atom stereocenters. The zero-order valence-electron chi connectivity index (χ0n) is 10.3. The maximum absolute atomic E-state index is 13.7. The lowest BCUT2D eigenvalue weighted by Gasteiger charge is -2.10. The minimum absolute atomic E-state index is 0.245. The highest BCUT2D eigenvalue weighted by atomic mass is 127. The zero-order chi connectivity index (χ0) is 14.9. The second kappa shape index (κ2) is 6.17. The fraction of sp³-hybridized carbons (Fsp3) is 0.0714. The molecule has 2 aromatic rings. The van der Waals surface area contributed by atoms with E-state index in [9.17, 15) is 13.6 Å². The normalized spacial score (nSPS) is 10.4. The number of amides is 1. The van der Waals surface area contributed by atoms with Crippen molar-refractivity contribution in [1.82, 2.24) is 0 Å². The average Bonchev–Trinajstić information content (AvgIpc) is 2.31. The molecule has 0 spiro atoms. The fourth-order valence-electron chi connectivity index (χ4n) is 1.71. The van der Waals surface area contributed by atoms with Crippen LogP contribution in [0.5, 0.6) is 0 Å². The molecule has 0 aliphatic carbocycles. The van der Waals surface area contributed by atoms with E-state index in [4.69, 9.17) is 0 Å². The molecule has 104 valence electrons. The third kappa shape index (κ3) is 3.35. The Morgan fingerprint density at radius 2 is 1.80 bits per heavy atom. The van der Waals surface area contributed by atoms with Gasteiger partial charge in [0.05, 0.1) is 0 Å². The molecule has 2 nitrogen and oxygen atoms in total. The van der Waals surface area contributed by atoms with Crippen LogP contribution in [0.25, 0.3) is 0 Å². The lowest BCUT2D eigenvalue weighted by molar-refractivity contribution is 0.101. The molecular formula is C14H9BrF2INO. The SMILES string of the molecule is Cc1cc(I)ccc1NC(=O)c1c(F)cc(Br)cc1F. The second-order valence-corrected chi connectivity index (χ2v) is 6.32. The largest absolute Gasteiger partial charge is 0.322 e. The number of benzene rings is 2. The van der Waals surface area contributed by atoms with Crippen LogP contribution in [0.4, 0.5) is 14.5 Å². The van der Waals surface area contributed by atoms with Gasteiger partial charge in [-0.25, -0.2) is 8.78 Å². The van der Waals surface area contributed by atoms with Crippen LogP contribution >= 0.6 is 38.5 Å². The van der Waals surface area contributed by atoms with Gasteiger partial charge in [-0.15, -0.1) is 0 Å². The van der Waals surface area contributed by atoms with Crippen molar-refractivity contribution < 1.29 is 13.6 Å². The van der Waals surface area contributed by atoms with Crippen LogP contribution in [0.3, 0.4) is 0 Å². The second-order valence-electron chi connectivity index (χ2n) is 4.16. The molecule has 20 heavy (non-hydrogen) atoms. The summed E-state index contributed by atoms with van der Waals surface area (Å²) in [5.74, 6) is -2.62. The predicted molar refractivity (Wildman–Crippen MR) is 85.9 cm³/mol. The first-order valence-corrected chi connectivity index (χ1v) is 7.47. The number of nitrogens with one attached hydrogen (secondary N) is 1. The molecule has 0 aliphatic rings. The van der Waals surface area contributed by atoms with Crippen molar-refractivity contribution in [2.45, 2.75) is 6.92 Å². The Morgan fingerprint density at radius 1 is 1.20 bits per heavy atom. The van der Waals surface area contributed by atoms with Crippen LogP contribution in [0.2, 0.25) is 0 Å². The van der Waals surface area contributed by atoms with Gasteiger partial charge in [0.1, 0.15) is 17.2 Å². The Morgan fingerprint density at radius 3 is 2.35 bits per heavy atom. The lowest BCUT2D eigenvalue weighted by atomic mass is 10.1. The summed E-state index contributed by atoms with van der Waals surface area (Å²) in [5, 5.41) is 2.52. The molecule has 0 bridgehead atoms. The first-order valence-electron chi connectivity index (χ1n) is 5.60. The van der Waals surface area contributed by atoms with Gasteiger partial charge in [0.25, 0.3) is 5.91 Å². The summed E-state index contributed by atoms with van der Waals surface area (Å²) in [6, 6.07) is 7.48. The molecule has 6 heteroatoms. The fourth-order valence-corrected chi connectivity index (χ4v) is 2.76. The summed E-state index contributed by atoms with van der Waals surface area (Å²) in [5.41, 5.74) is 0.756. The molecule has 0 atom stereocenters. The number of rotatable bonds is 2. The Labute approximate surface area is 136 Å². The molecule has 1 N–H and O–H groups in total. The van der Waals surface area contributed by atoms with E-state index in [1.54, 1.807) is 12.1 Å². The minimum Gasteiger partial charge on any atom is -0.322 e. The van der Waals surface area contributed by atoms with Gasteiger partial charge >= 0.3 is 0 Å². The van der Waals surface area contributed by atoms with Gasteiger partial charge < -0.3 is 5.32 Å². The summed E-state index contributed by atoms with van der Waals surface area (Å²) >= 11 is 5.11. The number of carbonyl (C=O) groups is 1. The highest BCUT2D eigenvalue weighted by molar-refractivity contribution is 14.1. The molecule has 2 rings (SSSR count). The third-order valence-corrected chi connectivity index (χ3v) is 3.80. The van der Waals surface area contributed by atoms with Gasteiger partial charge in [-0.2, -0.15) is 0 Å². The lowest BCUT2D eigenvalue weighted by Crippen LogP contribution is -2.16. The van der Waals surface area contributed by atoms with E-state index in [-0.39, 0.29) is 4.47 Å². The molecule has 2 aromatic carbocycles. The summed E-state index contributed by atoms with van der Waals surface area (Å²) < 4.78 is 28.7. The van der Waals surface area contributed by atoms with E-state index in [1.807, 2.05) is 13.0 Å². The van der Waals surface area contributed by atoms with Crippen molar-refractivity contribution in [2.24, 2.45) is 0 Å². The summed E-state index contributed by atoms with van der Waals surface area (Å²) in [4.78, 5) is 12.0. The molecule has 0 saturated carbocycles. The number of halogens is 4. The van der Waals surface area contributed by atoms with Gasteiger partial charge in [0, 0.05) is 13.7 Å². The van der Waals surface area contributed by atoms with Crippen molar-refractivity contribution >= 4 is 50.1 Å². The van der Waals surface area contributed by atoms with Crippen molar-refractivity contribution in [1.29, 1.82) is 0 Å². The van der Waals surface area contributed by atoms with Gasteiger partial charge in [-0.3, -0.25) is 4.79 Å². The van der Waals surface area contributed by atoms with Crippen LogP contribution in [-0.2, 0) is 0 Å². The van der Waals surface area contributed by atoms with E-state index in [0.717, 1.165) is 21.3 Å². The predicted octanol–water partition coefficient (Wildman–Crippen LogP) is 4.89. The number of hydrogen-bond acceptors (Lipinski definition) is 1. The first kappa shape index (κ1) is 15.4.